The first kappa shape index (κ1) is 9.64. The van der Waals surface area contributed by atoms with Crippen molar-refractivity contribution in [2.45, 2.75) is 5.03 Å². The summed E-state index contributed by atoms with van der Waals surface area (Å²) in [5, 5.41) is 1.08. The standard InChI is InChI=1S/C7H9ClN2OS/c8-6-1-2-7(10-5-6)12(11)4-3-9/h1-2,5H,3-4,9H2. The second kappa shape index (κ2) is 4.54. The van der Waals surface area contributed by atoms with Gasteiger partial charge in [-0.25, -0.2) is 4.98 Å². The zero-order chi connectivity index (χ0) is 8.97. The zero-order valence-electron chi connectivity index (χ0n) is 6.37. The fourth-order valence-corrected chi connectivity index (χ4v) is 1.63. The molecular formula is C7H9ClN2OS. The van der Waals surface area contributed by atoms with Gasteiger partial charge in [0.1, 0.15) is 5.03 Å². The molecule has 0 aliphatic carbocycles. The molecule has 3 nitrogen and oxygen atoms in total. The maximum Gasteiger partial charge on any atom is 0.127 e. The molecule has 1 atom stereocenters. The summed E-state index contributed by atoms with van der Waals surface area (Å²) < 4.78 is 11.3. The van der Waals surface area contributed by atoms with Crippen LogP contribution in [0.15, 0.2) is 23.4 Å². The third kappa shape index (κ3) is 2.55. The van der Waals surface area contributed by atoms with Gasteiger partial charge in [-0.2, -0.15) is 0 Å². The number of hydrogen-bond acceptors (Lipinski definition) is 3. The molecule has 1 rings (SSSR count). The van der Waals surface area contributed by atoms with E-state index in [1.807, 2.05) is 0 Å². The molecular weight excluding hydrogens is 196 g/mol. The van der Waals surface area contributed by atoms with Crippen molar-refractivity contribution in [1.82, 2.24) is 4.98 Å². The van der Waals surface area contributed by atoms with Crippen molar-refractivity contribution in [2.24, 2.45) is 5.73 Å². The smallest absolute Gasteiger partial charge is 0.127 e. The maximum atomic E-state index is 11.3. The third-order valence-corrected chi connectivity index (χ3v) is 2.77. The van der Waals surface area contributed by atoms with E-state index >= 15 is 0 Å². The number of nitrogens with two attached hydrogens (primary N) is 1. The van der Waals surface area contributed by atoms with Gasteiger partial charge in [-0.3, -0.25) is 4.21 Å². The van der Waals surface area contributed by atoms with Crippen LogP contribution in [0.2, 0.25) is 5.02 Å². The molecule has 0 bridgehead atoms. The first-order valence-corrected chi connectivity index (χ1v) is 5.13. The summed E-state index contributed by atoms with van der Waals surface area (Å²) in [7, 11) is -1.09. The van der Waals surface area contributed by atoms with Gasteiger partial charge in [-0.1, -0.05) is 11.6 Å². The van der Waals surface area contributed by atoms with Gasteiger partial charge in [0, 0.05) is 18.5 Å². The van der Waals surface area contributed by atoms with E-state index in [0.717, 1.165) is 0 Å². The number of pyridine rings is 1. The summed E-state index contributed by atoms with van der Waals surface area (Å²) in [6, 6.07) is 3.31. The van der Waals surface area contributed by atoms with E-state index in [-0.39, 0.29) is 0 Å². The fourth-order valence-electron chi connectivity index (χ4n) is 0.709. The molecule has 0 fully saturated rings. The highest BCUT2D eigenvalue weighted by Crippen LogP contribution is 2.08. The van der Waals surface area contributed by atoms with Crippen LogP contribution in [0.4, 0.5) is 0 Å². The molecule has 1 aromatic heterocycles. The summed E-state index contributed by atoms with van der Waals surface area (Å²) >= 11 is 5.61. The van der Waals surface area contributed by atoms with Crippen LogP contribution < -0.4 is 5.73 Å². The monoisotopic (exact) mass is 204 g/mol. The number of nitrogens with zero attached hydrogens (tertiary/aromatic N) is 1. The second-order valence-electron chi connectivity index (χ2n) is 2.15. The minimum absolute atomic E-state index is 0.400. The van der Waals surface area contributed by atoms with Crippen molar-refractivity contribution in [1.29, 1.82) is 0 Å². The lowest BCUT2D eigenvalue weighted by Gasteiger charge is -1.98. The zero-order valence-corrected chi connectivity index (χ0v) is 7.94. The molecule has 1 heterocycles. The number of halogens is 1. The molecule has 66 valence electrons. The number of aromatic nitrogens is 1. The van der Waals surface area contributed by atoms with E-state index < -0.39 is 10.8 Å². The summed E-state index contributed by atoms with van der Waals surface area (Å²) in [5.41, 5.74) is 5.25. The van der Waals surface area contributed by atoms with Crippen molar-refractivity contribution in [3.05, 3.63) is 23.4 Å². The largest absolute Gasteiger partial charge is 0.330 e. The van der Waals surface area contributed by atoms with Gasteiger partial charge in [0.05, 0.1) is 15.8 Å². The van der Waals surface area contributed by atoms with E-state index in [0.29, 0.717) is 22.3 Å². The highest BCUT2D eigenvalue weighted by molar-refractivity contribution is 7.85. The second-order valence-corrected chi connectivity index (χ2v) is 4.11. The van der Waals surface area contributed by atoms with E-state index in [1.54, 1.807) is 12.1 Å². The van der Waals surface area contributed by atoms with Crippen LogP contribution in [0.5, 0.6) is 0 Å². The molecule has 0 radical (unpaired) electrons. The Bertz CT molecular complexity index is 275. The quantitative estimate of drug-likeness (QED) is 0.793. The summed E-state index contributed by atoms with van der Waals surface area (Å²) in [5.74, 6) is 0.439. The molecule has 5 heteroatoms. The van der Waals surface area contributed by atoms with Crippen LogP contribution in [0, 0.1) is 0 Å². The van der Waals surface area contributed by atoms with Crippen LogP contribution in [0.25, 0.3) is 0 Å². The lowest BCUT2D eigenvalue weighted by atomic mass is 10.5. The van der Waals surface area contributed by atoms with E-state index in [4.69, 9.17) is 17.3 Å². The van der Waals surface area contributed by atoms with Crippen LogP contribution in [-0.4, -0.2) is 21.5 Å². The maximum absolute atomic E-state index is 11.3. The topological polar surface area (TPSA) is 56.0 Å². The van der Waals surface area contributed by atoms with E-state index in [9.17, 15) is 4.21 Å². The van der Waals surface area contributed by atoms with Gasteiger partial charge in [0.15, 0.2) is 0 Å². The molecule has 0 spiro atoms. The van der Waals surface area contributed by atoms with Crippen molar-refractivity contribution in [3.8, 4) is 0 Å². The van der Waals surface area contributed by atoms with Gasteiger partial charge in [0.25, 0.3) is 0 Å². The molecule has 0 amide bonds. The Labute approximate surface area is 78.4 Å². The molecule has 0 aliphatic rings. The van der Waals surface area contributed by atoms with Gasteiger partial charge >= 0.3 is 0 Å². The summed E-state index contributed by atoms with van der Waals surface area (Å²) in [4.78, 5) is 3.91. The molecule has 1 aromatic rings. The van der Waals surface area contributed by atoms with Crippen molar-refractivity contribution in [2.75, 3.05) is 12.3 Å². The lowest BCUT2D eigenvalue weighted by Crippen LogP contribution is -2.11. The first-order valence-electron chi connectivity index (χ1n) is 3.44. The Balaban J connectivity index is 2.75. The molecule has 0 aliphatic heterocycles. The van der Waals surface area contributed by atoms with Crippen LogP contribution in [0.1, 0.15) is 0 Å². The highest BCUT2D eigenvalue weighted by Gasteiger charge is 2.02. The van der Waals surface area contributed by atoms with Crippen LogP contribution >= 0.6 is 11.6 Å². The predicted molar refractivity (Wildman–Crippen MR) is 49.6 cm³/mol. The Kier molecular flexibility index (Phi) is 3.65. The van der Waals surface area contributed by atoms with Gasteiger partial charge in [-0.15, -0.1) is 0 Å². The lowest BCUT2D eigenvalue weighted by molar-refractivity contribution is 0.680. The van der Waals surface area contributed by atoms with Gasteiger partial charge in [0.2, 0.25) is 0 Å². The Morgan fingerprint density at radius 1 is 1.58 bits per heavy atom. The van der Waals surface area contributed by atoms with Gasteiger partial charge < -0.3 is 5.73 Å². The normalized spacial score (nSPS) is 12.8. The number of hydrogen-bond donors (Lipinski definition) is 1. The Morgan fingerprint density at radius 2 is 2.33 bits per heavy atom. The molecule has 0 aromatic carbocycles. The average molecular weight is 205 g/mol. The summed E-state index contributed by atoms with van der Waals surface area (Å²) in [6.07, 6.45) is 1.48. The molecule has 12 heavy (non-hydrogen) atoms. The highest BCUT2D eigenvalue weighted by atomic mass is 35.5. The first-order chi connectivity index (χ1) is 5.74. The van der Waals surface area contributed by atoms with Crippen molar-refractivity contribution < 1.29 is 4.21 Å². The number of rotatable bonds is 3. The third-order valence-electron chi connectivity index (χ3n) is 1.24. The van der Waals surface area contributed by atoms with Crippen molar-refractivity contribution >= 4 is 22.4 Å². The predicted octanol–water partition coefficient (Wildman–Crippen LogP) is 0.801. The van der Waals surface area contributed by atoms with Crippen LogP contribution in [0.3, 0.4) is 0 Å². The van der Waals surface area contributed by atoms with E-state index in [2.05, 4.69) is 4.98 Å². The average Bonchev–Trinajstić information content (AvgIpc) is 2.06. The Hall–Kier alpha value is -0.450. The van der Waals surface area contributed by atoms with E-state index in [1.165, 1.54) is 6.20 Å². The molecule has 1 unspecified atom stereocenters. The van der Waals surface area contributed by atoms with Crippen molar-refractivity contribution in [3.63, 3.8) is 0 Å². The Morgan fingerprint density at radius 3 is 2.83 bits per heavy atom. The minimum atomic E-state index is -1.09. The molecule has 0 saturated heterocycles. The fraction of sp³-hybridized carbons (Fsp3) is 0.286. The minimum Gasteiger partial charge on any atom is -0.330 e. The molecule has 2 N–H and O–H groups in total. The summed E-state index contributed by atoms with van der Waals surface area (Å²) in [6.45, 7) is 0.400. The van der Waals surface area contributed by atoms with Crippen LogP contribution in [-0.2, 0) is 10.8 Å². The molecule has 0 saturated carbocycles. The SMILES string of the molecule is NCCS(=O)c1ccc(Cl)cn1. The van der Waals surface area contributed by atoms with Gasteiger partial charge in [-0.05, 0) is 12.1 Å².